The molecule has 0 radical (unpaired) electrons. The first-order valence-corrected chi connectivity index (χ1v) is 6.26. The van der Waals surface area contributed by atoms with Crippen molar-refractivity contribution in [3.63, 3.8) is 0 Å². The van der Waals surface area contributed by atoms with Crippen LogP contribution in [0.15, 0.2) is 12.3 Å². The predicted octanol–water partition coefficient (Wildman–Crippen LogP) is 1.94. The third-order valence-corrected chi connectivity index (χ3v) is 3.32. The van der Waals surface area contributed by atoms with Gasteiger partial charge in [-0.3, -0.25) is 4.68 Å². The second kappa shape index (κ2) is 5.27. The minimum atomic E-state index is 0. The van der Waals surface area contributed by atoms with Gasteiger partial charge in [0.2, 0.25) is 0 Å². The minimum absolute atomic E-state index is 0. The van der Waals surface area contributed by atoms with Crippen LogP contribution in [0.1, 0.15) is 35.7 Å². The van der Waals surface area contributed by atoms with E-state index in [0.29, 0.717) is 12.5 Å². The second-order valence-electron chi connectivity index (χ2n) is 4.95. The summed E-state index contributed by atoms with van der Waals surface area (Å²) in [6.07, 6.45) is 4.50. The quantitative estimate of drug-likeness (QED) is 0.932. The number of aryl methyl sites for hydroxylation is 2. The molecule has 5 nitrogen and oxygen atoms in total. The highest BCUT2D eigenvalue weighted by molar-refractivity contribution is 5.85. The number of hydrogen-bond donors (Lipinski definition) is 1. The van der Waals surface area contributed by atoms with Gasteiger partial charge in [-0.2, -0.15) is 10.2 Å². The number of halogens is 1. The summed E-state index contributed by atoms with van der Waals surface area (Å²) in [5, 5.41) is 13.0. The molecule has 1 aliphatic rings. The molecule has 0 spiro atoms. The minimum Gasteiger partial charge on any atom is -0.325 e. The van der Waals surface area contributed by atoms with E-state index >= 15 is 0 Å². The Morgan fingerprint density at radius 2 is 2.11 bits per heavy atom. The van der Waals surface area contributed by atoms with Crippen LogP contribution in [0.4, 0.5) is 0 Å². The summed E-state index contributed by atoms with van der Waals surface area (Å²) >= 11 is 0. The number of nitrogens with two attached hydrogens (primary N) is 1. The van der Waals surface area contributed by atoms with Gasteiger partial charge in [-0.05, 0) is 31.4 Å². The van der Waals surface area contributed by atoms with Gasteiger partial charge in [0.05, 0.1) is 17.1 Å². The van der Waals surface area contributed by atoms with Crippen molar-refractivity contribution in [2.75, 3.05) is 0 Å². The van der Waals surface area contributed by atoms with Crippen LogP contribution in [0.2, 0.25) is 0 Å². The molecule has 3 rings (SSSR count). The van der Waals surface area contributed by atoms with Crippen molar-refractivity contribution in [1.29, 1.82) is 0 Å². The molecule has 0 amide bonds. The Bertz CT molecular complexity index is 589. The van der Waals surface area contributed by atoms with E-state index in [0.717, 1.165) is 28.2 Å². The Kier molecular flexibility index (Phi) is 3.87. The molecular weight excluding hydrogens is 262 g/mol. The predicted molar refractivity (Wildman–Crippen MR) is 76.1 cm³/mol. The Morgan fingerprint density at radius 1 is 1.37 bits per heavy atom. The van der Waals surface area contributed by atoms with E-state index < -0.39 is 0 Å². The van der Waals surface area contributed by atoms with Crippen LogP contribution in [0.5, 0.6) is 0 Å². The lowest BCUT2D eigenvalue weighted by Gasteiger charge is -2.05. The summed E-state index contributed by atoms with van der Waals surface area (Å²) in [6.45, 7) is 2.48. The first-order valence-electron chi connectivity index (χ1n) is 6.26. The Balaban J connectivity index is 0.00000133. The van der Waals surface area contributed by atoms with Crippen LogP contribution >= 0.6 is 12.4 Å². The van der Waals surface area contributed by atoms with Gasteiger partial charge in [0.15, 0.2) is 0 Å². The van der Waals surface area contributed by atoms with Crippen LogP contribution in [-0.2, 0) is 13.6 Å². The van der Waals surface area contributed by atoms with Gasteiger partial charge in [0, 0.05) is 31.3 Å². The maximum atomic E-state index is 5.58. The normalized spacial score (nSPS) is 14.3. The average molecular weight is 280 g/mol. The Hall–Kier alpha value is -1.46. The molecule has 2 aromatic heterocycles. The van der Waals surface area contributed by atoms with Crippen molar-refractivity contribution in [3.05, 3.63) is 29.2 Å². The molecular formula is C13H18ClN5. The van der Waals surface area contributed by atoms with Crippen LogP contribution < -0.4 is 5.73 Å². The topological polar surface area (TPSA) is 69.6 Å². The van der Waals surface area contributed by atoms with Crippen LogP contribution in [-0.4, -0.2) is 20.0 Å². The fourth-order valence-corrected chi connectivity index (χ4v) is 2.25. The molecule has 0 unspecified atom stereocenters. The maximum Gasteiger partial charge on any atom is 0.0993 e. The molecule has 0 aromatic carbocycles. The number of rotatable bonds is 3. The van der Waals surface area contributed by atoms with Gasteiger partial charge in [-0.25, -0.2) is 0 Å². The fourth-order valence-electron chi connectivity index (χ4n) is 2.25. The number of hydrogen-bond acceptors (Lipinski definition) is 4. The Morgan fingerprint density at radius 3 is 2.68 bits per heavy atom. The molecule has 0 saturated heterocycles. The largest absolute Gasteiger partial charge is 0.325 e. The van der Waals surface area contributed by atoms with E-state index in [1.807, 2.05) is 30.9 Å². The van der Waals surface area contributed by atoms with Crippen LogP contribution in [0.25, 0.3) is 11.3 Å². The van der Waals surface area contributed by atoms with Crippen molar-refractivity contribution < 1.29 is 0 Å². The van der Waals surface area contributed by atoms with E-state index in [-0.39, 0.29) is 12.4 Å². The van der Waals surface area contributed by atoms with Gasteiger partial charge >= 0.3 is 0 Å². The molecule has 2 heterocycles. The smallest absolute Gasteiger partial charge is 0.0993 e. The van der Waals surface area contributed by atoms with Gasteiger partial charge < -0.3 is 5.73 Å². The maximum absolute atomic E-state index is 5.58. The molecule has 0 bridgehead atoms. The zero-order valence-electron chi connectivity index (χ0n) is 11.1. The molecule has 0 aliphatic heterocycles. The molecule has 1 saturated carbocycles. The van der Waals surface area contributed by atoms with Crippen molar-refractivity contribution in [2.24, 2.45) is 12.8 Å². The number of aromatic nitrogens is 4. The molecule has 0 atom stereocenters. The van der Waals surface area contributed by atoms with E-state index in [4.69, 9.17) is 5.73 Å². The molecule has 2 N–H and O–H groups in total. The fraction of sp³-hybridized carbons (Fsp3) is 0.462. The van der Waals surface area contributed by atoms with Crippen molar-refractivity contribution in [1.82, 2.24) is 20.0 Å². The third kappa shape index (κ3) is 2.62. The highest BCUT2D eigenvalue weighted by Gasteiger charge is 2.30. The SMILES string of the molecule is Cc1cc(CN)nnc1-c1cn(C)nc1C1CC1.Cl. The van der Waals surface area contributed by atoms with E-state index in [1.54, 1.807) is 0 Å². The second-order valence-corrected chi connectivity index (χ2v) is 4.95. The molecule has 2 aromatic rings. The average Bonchev–Trinajstić information content (AvgIpc) is 3.13. The molecule has 1 fully saturated rings. The van der Waals surface area contributed by atoms with Crippen molar-refractivity contribution in [3.8, 4) is 11.3 Å². The molecule has 102 valence electrons. The van der Waals surface area contributed by atoms with E-state index in [1.165, 1.54) is 12.8 Å². The first-order chi connectivity index (χ1) is 8.69. The van der Waals surface area contributed by atoms with Crippen LogP contribution in [0, 0.1) is 6.92 Å². The van der Waals surface area contributed by atoms with E-state index in [9.17, 15) is 0 Å². The standard InChI is InChI=1S/C13H17N5.ClH/c1-8-5-10(6-14)15-16-12(8)11-7-18(2)17-13(11)9-3-4-9;/h5,7,9H,3-4,6,14H2,1-2H3;1H. The molecule has 19 heavy (non-hydrogen) atoms. The summed E-state index contributed by atoms with van der Waals surface area (Å²) in [4.78, 5) is 0. The summed E-state index contributed by atoms with van der Waals surface area (Å²) in [7, 11) is 1.95. The first kappa shape index (κ1) is 14.0. The van der Waals surface area contributed by atoms with Crippen molar-refractivity contribution >= 4 is 12.4 Å². The van der Waals surface area contributed by atoms with Gasteiger partial charge in [0.1, 0.15) is 0 Å². The molecule has 6 heteroatoms. The zero-order valence-corrected chi connectivity index (χ0v) is 11.9. The lowest BCUT2D eigenvalue weighted by molar-refractivity contribution is 0.744. The lowest BCUT2D eigenvalue weighted by Crippen LogP contribution is -2.03. The summed E-state index contributed by atoms with van der Waals surface area (Å²) in [6, 6.07) is 2.01. The van der Waals surface area contributed by atoms with Crippen molar-refractivity contribution in [2.45, 2.75) is 32.2 Å². The monoisotopic (exact) mass is 279 g/mol. The lowest BCUT2D eigenvalue weighted by atomic mass is 10.1. The van der Waals surface area contributed by atoms with E-state index in [2.05, 4.69) is 15.3 Å². The zero-order chi connectivity index (χ0) is 12.7. The third-order valence-electron chi connectivity index (χ3n) is 3.32. The highest BCUT2D eigenvalue weighted by atomic mass is 35.5. The summed E-state index contributed by atoms with van der Waals surface area (Å²) in [5.41, 5.74) is 10.7. The highest BCUT2D eigenvalue weighted by Crippen LogP contribution is 2.43. The summed E-state index contributed by atoms with van der Waals surface area (Å²) in [5.74, 6) is 0.608. The van der Waals surface area contributed by atoms with Gasteiger partial charge in [-0.15, -0.1) is 17.5 Å². The van der Waals surface area contributed by atoms with Gasteiger partial charge in [0.25, 0.3) is 0 Å². The summed E-state index contributed by atoms with van der Waals surface area (Å²) < 4.78 is 1.86. The Labute approximate surface area is 118 Å². The number of nitrogens with zero attached hydrogens (tertiary/aromatic N) is 4. The van der Waals surface area contributed by atoms with Crippen LogP contribution in [0.3, 0.4) is 0 Å². The van der Waals surface area contributed by atoms with Gasteiger partial charge in [-0.1, -0.05) is 0 Å². The molecule has 1 aliphatic carbocycles.